The fraction of sp³-hybridized carbons (Fsp3) is 0.889. The van der Waals surface area contributed by atoms with E-state index in [-0.39, 0.29) is 12.5 Å². The normalized spacial score (nSPS) is 11.4. The molecule has 0 aromatic carbocycles. The van der Waals surface area contributed by atoms with Gasteiger partial charge < -0.3 is 10.4 Å². The van der Waals surface area contributed by atoms with Crippen molar-refractivity contribution in [2.45, 2.75) is 32.2 Å². The fourth-order valence-electron chi connectivity index (χ4n) is 0.857. The first-order valence-corrected chi connectivity index (χ1v) is 5.82. The summed E-state index contributed by atoms with van der Waals surface area (Å²) in [6.45, 7) is 3.58. The van der Waals surface area contributed by atoms with E-state index in [0.29, 0.717) is 6.42 Å². The summed E-state index contributed by atoms with van der Waals surface area (Å²) in [6, 6.07) is 0. The second kappa shape index (κ2) is 6.27. The molecule has 4 heteroatoms. The van der Waals surface area contributed by atoms with Gasteiger partial charge in [0, 0.05) is 6.42 Å². The molecule has 0 spiro atoms. The molecule has 1 amide bonds. The summed E-state index contributed by atoms with van der Waals surface area (Å²) in [5.41, 5.74) is -0.490. The van der Waals surface area contributed by atoms with E-state index in [4.69, 9.17) is 5.11 Å². The molecule has 0 aliphatic carbocycles. The second-order valence-corrected chi connectivity index (χ2v) is 4.67. The van der Waals surface area contributed by atoms with Crippen LogP contribution < -0.4 is 5.32 Å². The van der Waals surface area contributed by atoms with Gasteiger partial charge in [0.2, 0.25) is 5.91 Å². The fourth-order valence-corrected chi connectivity index (χ4v) is 1.29. The Balaban J connectivity index is 3.62. The SMILES string of the molecule is CSCCCC(=O)NC(C)(C)CO. The molecule has 0 aromatic heterocycles. The van der Waals surface area contributed by atoms with E-state index in [9.17, 15) is 4.79 Å². The first-order chi connectivity index (χ1) is 6.02. The number of amides is 1. The number of aliphatic hydroxyl groups is 1. The second-order valence-electron chi connectivity index (χ2n) is 3.69. The summed E-state index contributed by atoms with van der Waals surface area (Å²) >= 11 is 1.74. The first kappa shape index (κ1) is 12.8. The summed E-state index contributed by atoms with van der Waals surface area (Å²) in [5, 5.41) is 11.7. The molecule has 0 aromatic rings. The molecule has 0 atom stereocenters. The van der Waals surface area contributed by atoms with Crippen molar-refractivity contribution < 1.29 is 9.90 Å². The van der Waals surface area contributed by atoms with Gasteiger partial charge in [-0.1, -0.05) is 0 Å². The predicted octanol–water partition coefficient (Wildman–Crippen LogP) is 1.02. The number of carbonyl (C=O) groups excluding carboxylic acids is 1. The van der Waals surface area contributed by atoms with E-state index in [1.807, 2.05) is 6.26 Å². The van der Waals surface area contributed by atoms with Crippen LogP contribution in [0.3, 0.4) is 0 Å². The van der Waals surface area contributed by atoms with Crippen molar-refractivity contribution in [3.63, 3.8) is 0 Å². The number of carbonyl (C=O) groups is 1. The summed E-state index contributed by atoms with van der Waals surface area (Å²) in [4.78, 5) is 11.3. The molecule has 0 radical (unpaired) electrons. The van der Waals surface area contributed by atoms with E-state index < -0.39 is 5.54 Å². The third-order valence-corrected chi connectivity index (χ3v) is 2.32. The average Bonchev–Trinajstić information content (AvgIpc) is 2.04. The molecule has 0 heterocycles. The Morgan fingerprint density at radius 2 is 2.15 bits per heavy atom. The minimum atomic E-state index is -0.490. The van der Waals surface area contributed by atoms with Crippen LogP contribution in [0.25, 0.3) is 0 Å². The third-order valence-electron chi connectivity index (χ3n) is 1.63. The largest absolute Gasteiger partial charge is 0.394 e. The number of thioether (sulfide) groups is 1. The zero-order valence-corrected chi connectivity index (χ0v) is 9.41. The Labute approximate surface area is 84.3 Å². The van der Waals surface area contributed by atoms with Crippen LogP contribution in [0.4, 0.5) is 0 Å². The molecule has 0 saturated carbocycles. The van der Waals surface area contributed by atoms with Crippen LogP contribution in [0.5, 0.6) is 0 Å². The van der Waals surface area contributed by atoms with Crippen LogP contribution in [0.1, 0.15) is 26.7 Å². The lowest BCUT2D eigenvalue weighted by atomic mass is 10.1. The minimum absolute atomic E-state index is 0.0214. The van der Waals surface area contributed by atoms with Crippen molar-refractivity contribution in [1.82, 2.24) is 5.32 Å². The molecule has 78 valence electrons. The van der Waals surface area contributed by atoms with E-state index in [1.54, 1.807) is 25.6 Å². The molecule has 13 heavy (non-hydrogen) atoms. The highest BCUT2D eigenvalue weighted by atomic mass is 32.2. The predicted molar refractivity (Wildman–Crippen MR) is 56.9 cm³/mol. The van der Waals surface area contributed by atoms with Gasteiger partial charge >= 0.3 is 0 Å². The highest BCUT2D eigenvalue weighted by Crippen LogP contribution is 2.03. The molecule has 0 fully saturated rings. The van der Waals surface area contributed by atoms with E-state index in [2.05, 4.69) is 5.32 Å². The smallest absolute Gasteiger partial charge is 0.220 e. The summed E-state index contributed by atoms with van der Waals surface area (Å²) < 4.78 is 0. The van der Waals surface area contributed by atoms with Crippen molar-refractivity contribution in [2.75, 3.05) is 18.6 Å². The number of rotatable bonds is 6. The van der Waals surface area contributed by atoms with E-state index >= 15 is 0 Å². The van der Waals surface area contributed by atoms with Gasteiger partial charge in [0.15, 0.2) is 0 Å². The maximum absolute atomic E-state index is 11.3. The Bertz CT molecular complexity index is 160. The highest BCUT2D eigenvalue weighted by Gasteiger charge is 2.18. The van der Waals surface area contributed by atoms with Gasteiger partial charge in [0.05, 0.1) is 12.1 Å². The van der Waals surface area contributed by atoms with Crippen LogP contribution in [-0.4, -0.2) is 35.2 Å². The van der Waals surface area contributed by atoms with Crippen LogP contribution in [0.15, 0.2) is 0 Å². The zero-order chi connectivity index (χ0) is 10.3. The van der Waals surface area contributed by atoms with Crippen molar-refractivity contribution in [3.05, 3.63) is 0 Å². The Morgan fingerprint density at radius 3 is 2.62 bits per heavy atom. The summed E-state index contributed by atoms with van der Waals surface area (Å²) in [7, 11) is 0. The zero-order valence-electron chi connectivity index (χ0n) is 8.59. The van der Waals surface area contributed by atoms with Crippen molar-refractivity contribution in [1.29, 1.82) is 0 Å². The van der Waals surface area contributed by atoms with E-state index in [0.717, 1.165) is 12.2 Å². The van der Waals surface area contributed by atoms with Gasteiger partial charge in [-0.25, -0.2) is 0 Å². The number of hydrogen-bond donors (Lipinski definition) is 2. The minimum Gasteiger partial charge on any atom is -0.394 e. The van der Waals surface area contributed by atoms with Crippen molar-refractivity contribution in [2.24, 2.45) is 0 Å². The molecule has 0 aliphatic rings. The van der Waals surface area contributed by atoms with Gasteiger partial charge in [-0.3, -0.25) is 4.79 Å². The molecule has 0 aliphatic heterocycles. The molecule has 0 rings (SSSR count). The van der Waals surface area contributed by atoms with Crippen molar-refractivity contribution >= 4 is 17.7 Å². The standard InChI is InChI=1S/C9H19NO2S/c1-9(2,7-11)10-8(12)5-4-6-13-3/h11H,4-7H2,1-3H3,(H,10,12). The Hall–Kier alpha value is -0.220. The molecule has 0 bridgehead atoms. The van der Waals surface area contributed by atoms with Gasteiger partial charge in [0.1, 0.15) is 0 Å². The van der Waals surface area contributed by atoms with Gasteiger partial charge in [-0.05, 0) is 32.3 Å². The molecule has 0 unspecified atom stereocenters. The number of nitrogens with one attached hydrogen (secondary N) is 1. The lowest BCUT2D eigenvalue weighted by molar-refractivity contribution is -0.123. The average molecular weight is 205 g/mol. The quantitative estimate of drug-likeness (QED) is 0.636. The molecule has 0 saturated heterocycles. The maximum atomic E-state index is 11.3. The van der Waals surface area contributed by atoms with Crippen LogP contribution in [-0.2, 0) is 4.79 Å². The summed E-state index contributed by atoms with van der Waals surface area (Å²) in [6.07, 6.45) is 3.47. The number of aliphatic hydroxyl groups excluding tert-OH is 1. The summed E-state index contributed by atoms with van der Waals surface area (Å²) in [5.74, 6) is 1.03. The maximum Gasteiger partial charge on any atom is 0.220 e. The van der Waals surface area contributed by atoms with Crippen LogP contribution >= 0.6 is 11.8 Å². The van der Waals surface area contributed by atoms with E-state index in [1.165, 1.54) is 0 Å². The highest BCUT2D eigenvalue weighted by molar-refractivity contribution is 7.98. The van der Waals surface area contributed by atoms with Gasteiger partial charge in [0.25, 0.3) is 0 Å². The topological polar surface area (TPSA) is 49.3 Å². The molecule has 3 nitrogen and oxygen atoms in total. The van der Waals surface area contributed by atoms with Gasteiger partial charge in [-0.2, -0.15) is 11.8 Å². The van der Waals surface area contributed by atoms with Crippen LogP contribution in [0, 0.1) is 0 Å². The Morgan fingerprint density at radius 1 is 1.54 bits per heavy atom. The molecular formula is C9H19NO2S. The third kappa shape index (κ3) is 6.90. The first-order valence-electron chi connectivity index (χ1n) is 4.42. The van der Waals surface area contributed by atoms with Gasteiger partial charge in [-0.15, -0.1) is 0 Å². The lowest BCUT2D eigenvalue weighted by Gasteiger charge is -2.23. The number of hydrogen-bond acceptors (Lipinski definition) is 3. The molecular weight excluding hydrogens is 186 g/mol. The Kier molecular flexibility index (Phi) is 6.16. The lowest BCUT2D eigenvalue weighted by Crippen LogP contribution is -2.46. The van der Waals surface area contributed by atoms with Crippen LogP contribution in [0.2, 0.25) is 0 Å². The monoisotopic (exact) mass is 205 g/mol. The van der Waals surface area contributed by atoms with Crippen molar-refractivity contribution in [3.8, 4) is 0 Å². The molecule has 2 N–H and O–H groups in total.